The summed E-state index contributed by atoms with van der Waals surface area (Å²) in [5, 5.41) is 10.1. The van der Waals surface area contributed by atoms with E-state index < -0.39 is 0 Å². The summed E-state index contributed by atoms with van der Waals surface area (Å²) in [6.07, 6.45) is 1.47. The number of nitrogens with one attached hydrogen (secondary N) is 2. The van der Waals surface area contributed by atoms with E-state index in [-0.39, 0.29) is 6.10 Å². The van der Waals surface area contributed by atoms with Gasteiger partial charge in [0.1, 0.15) is 6.33 Å². The molecule has 0 fully saturated rings. The SMILES string of the molecule is COc1cc(CNc2ncn[nH]2)cc(Cl)c1OC(C)C. The van der Waals surface area contributed by atoms with Crippen LogP contribution in [0, 0.1) is 0 Å². The quantitative estimate of drug-likeness (QED) is 0.857. The van der Waals surface area contributed by atoms with Gasteiger partial charge in [0.15, 0.2) is 11.5 Å². The Morgan fingerprint density at radius 2 is 2.20 bits per heavy atom. The summed E-state index contributed by atoms with van der Waals surface area (Å²) in [4.78, 5) is 3.99. The summed E-state index contributed by atoms with van der Waals surface area (Å²) in [5.74, 6) is 1.77. The van der Waals surface area contributed by atoms with Crippen LogP contribution >= 0.6 is 11.6 Å². The monoisotopic (exact) mass is 296 g/mol. The van der Waals surface area contributed by atoms with Crippen LogP contribution in [0.15, 0.2) is 18.5 Å². The van der Waals surface area contributed by atoms with Crippen LogP contribution in [-0.2, 0) is 6.54 Å². The van der Waals surface area contributed by atoms with Crippen LogP contribution in [0.5, 0.6) is 11.5 Å². The van der Waals surface area contributed by atoms with E-state index in [0.717, 1.165) is 5.56 Å². The molecule has 6 nitrogen and oxygen atoms in total. The Morgan fingerprint density at radius 3 is 2.80 bits per heavy atom. The van der Waals surface area contributed by atoms with Crippen molar-refractivity contribution in [3.8, 4) is 11.5 Å². The van der Waals surface area contributed by atoms with E-state index >= 15 is 0 Å². The van der Waals surface area contributed by atoms with Crippen molar-refractivity contribution in [1.82, 2.24) is 15.2 Å². The molecule has 2 rings (SSSR count). The maximum atomic E-state index is 6.25. The molecule has 0 saturated heterocycles. The molecule has 7 heteroatoms. The van der Waals surface area contributed by atoms with Gasteiger partial charge in [0.2, 0.25) is 5.95 Å². The number of benzene rings is 1. The molecule has 0 unspecified atom stereocenters. The minimum absolute atomic E-state index is 0.0274. The fourth-order valence-corrected chi connectivity index (χ4v) is 1.98. The third kappa shape index (κ3) is 3.54. The zero-order valence-electron chi connectivity index (χ0n) is 11.6. The number of ether oxygens (including phenoxy) is 2. The first kappa shape index (κ1) is 14.5. The van der Waals surface area contributed by atoms with Gasteiger partial charge in [-0.25, -0.2) is 10.1 Å². The maximum Gasteiger partial charge on any atom is 0.218 e. The number of H-pyrrole nitrogens is 1. The number of hydrogen-bond acceptors (Lipinski definition) is 5. The molecule has 0 atom stereocenters. The first-order chi connectivity index (χ1) is 9.60. The summed E-state index contributed by atoms with van der Waals surface area (Å²) < 4.78 is 11.0. The average Bonchev–Trinajstić information content (AvgIpc) is 2.91. The Hall–Kier alpha value is -1.95. The Bertz CT molecular complexity index is 558. The van der Waals surface area contributed by atoms with E-state index in [4.69, 9.17) is 21.1 Å². The van der Waals surface area contributed by atoms with Crippen molar-refractivity contribution in [3.63, 3.8) is 0 Å². The number of aromatic nitrogens is 3. The molecule has 2 aromatic rings. The third-order valence-electron chi connectivity index (χ3n) is 2.52. The number of halogens is 1. The van der Waals surface area contributed by atoms with Gasteiger partial charge in [-0.15, -0.1) is 0 Å². The molecule has 0 aliphatic carbocycles. The molecule has 1 aromatic carbocycles. The second-order valence-corrected chi connectivity index (χ2v) is 4.87. The molecule has 0 saturated carbocycles. The molecule has 1 heterocycles. The predicted molar refractivity (Wildman–Crippen MR) is 77.5 cm³/mol. The van der Waals surface area contributed by atoms with Gasteiger partial charge >= 0.3 is 0 Å². The van der Waals surface area contributed by atoms with Crippen LogP contribution in [-0.4, -0.2) is 28.4 Å². The lowest BCUT2D eigenvalue weighted by molar-refractivity contribution is 0.230. The number of anilines is 1. The number of methoxy groups -OCH3 is 1. The molecule has 0 aliphatic rings. The number of rotatable bonds is 6. The molecule has 0 spiro atoms. The molecule has 0 radical (unpaired) electrons. The van der Waals surface area contributed by atoms with E-state index in [1.807, 2.05) is 26.0 Å². The second kappa shape index (κ2) is 6.47. The lowest BCUT2D eigenvalue weighted by Crippen LogP contribution is -2.08. The average molecular weight is 297 g/mol. The third-order valence-corrected chi connectivity index (χ3v) is 2.80. The predicted octanol–water partition coefficient (Wildman–Crippen LogP) is 2.87. The zero-order chi connectivity index (χ0) is 14.5. The molecular weight excluding hydrogens is 280 g/mol. The second-order valence-electron chi connectivity index (χ2n) is 4.46. The summed E-state index contributed by atoms with van der Waals surface area (Å²) in [6.45, 7) is 4.43. The van der Waals surface area contributed by atoms with Crippen LogP contribution in [0.3, 0.4) is 0 Å². The van der Waals surface area contributed by atoms with Crippen LogP contribution in [0.1, 0.15) is 19.4 Å². The molecule has 1 aromatic heterocycles. The van der Waals surface area contributed by atoms with Crippen molar-refractivity contribution < 1.29 is 9.47 Å². The van der Waals surface area contributed by atoms with E-state index in [1.165, 1.54) is 6.33 Å². The topological polar surface area (TPSA) is 72.1 Å². The van der Waals surface area contributed by atoms with E-state index in [1.54, 1.807) is 7.11 Å². The molecule has 0 bridgehead atoms. The van der Waals surface area contributed by atoms with Gasteiger partial charge in [0, 0.05) is 6.54 Å². The van der Waals surface area contributed by atoms with Crippen LogP contribution < -0.4 is 14.8 Å². The van der Waals surface area contributed by atoms with Crippen molar-refractivity contribution >= 4 is 17.5 Å². The number of nitrogens with zero attached hydrogens (tertiary/aromatic N) is 2. The molecule has 0 aliphatic heterocycles. The normalized spacial score (nSPS) is 10.7. The Kier molecular flexibility index (Phi) is 4.68. The summed E-state index contributed by atoms with van der Waals surface area (Å²) in [5.41, 5.74) is 0.958. The van der Waals surface area contributed by atoms with Crippen LogP contribution in [0.4, 0.5) is 5.95 Å². The fourth-order valence-electron chi connectivity index (χ4n) is 1.70. The molecular formula is C13H17ClN4O2. The van der Waals surface area contributed by atoms with Gasteiger partial charge in [-0.3, -0.25) is 0 Å². The maximum absolute atomic E-state index is 6.25. The lowest BCUT2D eigenvalue weighted by Gasteiger charge is -2.16. The largest absolute Gasteiger partial charge is 0.493 e. The van der Waals surface area contributed by atoms with Crippen LogP contribution in [0.25, 0.3) is 0 Å². The standard InChI is InChI=1S/C13H17ClN4O2/c1-8(2)20-12-10(14)4-9(5-11(12)19-3)6-15-13-16-7-17-18-13/h4-5,7-8H,6H2,1-3H3,(H2,15,16,17,18). The summed E-state index contributed by atoms with van der Waals surface area (Å²) in [6, 6.07) is 3.72. The Balaban J connectivity index is 2.16. The van der Waals surface area contributed by atoms with Crippen molar-refractivity contribution in [2.24, 2.45) is 0 Å². The van der Waals surface area contributed by atoms with E-state index in [9.17, 15) is 0 Å². The number of hydrogen-bond donors (Lipinski definition) is 2. The smallest absolute Gasteiger partial charge is 0.218 e. The van der Waals surface area contributed by atoms with E-state index in [2.05, 4.69) is 20.5 Å². The highest BCUT2D eigenvalue weighted by Crippen LogP contribution is 2.37. The van der Waals surface area contributed by atoms with Crippen molar-refractivity contribution in [3.05, 3.63) is 29.0 Å². The Morgan fingerprint density at radius 1 is 1.40 bits per heavy atom. The first-order valence-corrected chi connectivity index (χ1v) is 6.60. The lowest BCUT2D eigenvalue weighted by atomic mass is 10.2. The zero-order valence-corrected chi connectivity index (χ0v) is 12.4. The summed E-state index contributed by atoms with van der Waals surface area (Å²) >= 11 is 6.25. The Labute approximate surface area is 122 Å². The highest BCUT2D eigenvalue weighted by Gasteiger charge is 2.13. The summed E-state index contributed by atoms with van der Waals surface area (Å²) in [7, 11) is 1.59. The van der Waals surface area contributed by atoms with Gasteiger partial charge < -0.3 is 14.8 Å². The molecule has 108 valence electrons. The fraction of sp³-hybridized carbons (Fsp3) is 0.385. The van der Waals surface area contributed by atoms with E-state index in [0.29, 0.717) is 29.0 Å². The van der Waals surface area contributed by atoms with Gasteiger partial charge in [0.25, 0.3) is 0 Å². The highest BCUT2D eigenvalue weighted by molar-refractivity contribution is 6.32. The van der Waals surface area contributed by atoms with Crippen molar-refractivity contribution in [2.75, 3.05) is 12.4 Å². The number of aromatic amines is 1. The molecule has 20 heavy (non-hydrogen) atoms. The van der Waals surface area contributed by atoms with Gasteiger partial charge in [-0.2, -0.15) is 5.10 Å². The van der Waals surface area contributed by atoms with Crippen LogP contribution in [0.2, 0.25) is 5.02 Å². The van der Waals surface area contributed by atoms with Gasteiger partial charge in [0.05, 0.1) is 18.2 Å². The first-order valence-electron chi connectivity index (χ1n) is 6.22. The minimum Gasteiger partial charge on any atom is -0.493 e. The van der Waals surface area contributed by atoms with Crippen molar-refractivity contribution in [2.45, 2.75) is 26.5 Å². The minimum atomic E-state index is 0.0274. The highest BCUT2D eigenvalue weighted by atomic mass is 35.5. The molecule has 2 N–H and O–H groups in total. The van der Waals surface area contributed by atoms with Gasteiger partial charge in [-0.05, 0) is 31.5 Å². The van der Waals surface area contributed by atoms with Crippen molar-refractivity contribution in [1.29, 1.82) is 0 Å². The molecule has 0 amide bonds. The van der Waals surface area contributed by atoms with Gasteiger partial charge in [-0.1, -0.05) is 11.6 Å².